The molecule has 1 heterocycles. The summed E-state index contributed by atoms with van der Waals surface area (Å²) >= 11 is 0. The van der Waals surface area contributed by atoms with Crippen LogP contribution in [0, 0.1) is 0 Å². The molecule has 0 unspecified atom stereocenters. The van der Waals surface area contributed by atoms with Gasteiger partial charge in [0.05, 0.1) is 25.4 Å². The maximum absolute atomic E-state index is 12.8. The number of hydrogen-bond acceptors (Lipinski definition) is 9. The number of carbonyl (C=O) groups excluding carboxylic acids is 1. The molecule has 0 aliphatic carbocycles. The van der Waals surface area contributed by atoms with E-state index in [-0.39, 0.29) is 18.9 Å². The number of benzene rings is 1. The van der Waals surface area contributed by atoms with E-state index in [4.69, 9.17) is 9.47 Å². The minimum absolute atomic E-state index is 0.243. The van der Waals surface area contributed by atoms with Gasteiger partial charge in [0.15, 0.2) is 6.29 Å². The van der Waals surface area contributed by atoms with Crippen molar-refractivity contribution in [2.24, 2.45) is 0 Å². The molecule has 46 heavy (non-hydrogen) atoms. The second-order valence-electron chi connectivity index (χ2n) is 13.0. The summed E-state index contributed by atoms with van der Waals surface area (Å²) in [4.78, 5) is 12.8. The van der Waals surface area contributed by atoms with Crippen LogP contribution in [0.25, 0.3) is 0 Å². The molecule has 10 heteroatoms. The van der Waals surface area contributed by atoms with Crippen molar-refractivity contribution in [3.63, 3.8) is 0 Å². The number of aliphatic hydroxyl groups is 6. The fraction of sp³-hybridized carbons (Fsp3) is 0.806. The predicted molar refractivity (Wildman–Crippen MR) is 178 cm³/mol. The second-order valence-corrected chi connectivity index (χ2v) is 13.0. The molecule has 8 atom stereocenters. The Balaban J connectivity index is 1.79. The average Bonchev–Trinajstić information content (AvgIpc) is 3.06. The number of unbranched alkanes of at least 4 members (excludes halogenated alkanes) is 13. The van der Waals surface area contributed by atoms with Crippen LogP contribution in [0.1, 0.15) is 122 Å². The lowest BCUT2D eigenvalue weighted by Gasteiger charge is -2.40. The summed E-state index contributed by atoms with van der Waals surface area (Å²) in [5.41, 5.74) is 1.25. The van der Waals surface area contributed by atoms with E-state index < -0.39 is 55.6 Å². The summed E-state index contributed by atoms with van der Waals surface area (Å²) in [6.45, 7) is 1.31. The SMILES string of the molecule is CCCCCCCCCCCCCC[C@H](O)[C@H](O)[C@H](CO[C@H]1O[C@H](CO)[C@H](O)[C@H](O)[C@H]1O)NC(=O)CCCCCc1ccccc1. The monoisotopic (exact) mass is 653 g/mol. The molecule has 266 valence electrons. The Bertz CT molecular complexity index is 889. The molecular weight excluding hydrogens is 590 g/mol. The Hall–Kier alpha value is -1.63. The number of aryl methyl sites for hydroxylation is 1. The Morgan fingerprint density at radius 3 is 2.00 bits per heavy atom. The first-order valence-corrected chi connectivity index (χ1v) is 17.9. The van der Waals surface area contributed by atoms with E-state index in [2.05, 4.69) is 24.4 Å². The molecule has 1 amide bonds. The van der Waals surface area contributed by atoms with Crippen molar-refractivity contribution in [3.8, 4) is 0 Å². The zero-order valence-corrected chi connectivity index (χ0v) is 28.1. The molecule has 2 rings (SSSR count). The number of aliphatic hydroxyl groups excluding tert-OH is 6. The number of carbonyl (C=O) groups is 1. The second kappa shape index (κ2) is 24.5. The topological polar surface area (TPSA) is 169 Å². The van der Waals surface area contributed by atoms with Gasteiger partial charge in [-0.3, -0.25) is 4.79 Å². The summed E-state index contributed by atoms with van der Waals surface area (Å²) in [5.74, 6) is -0.293. The highest BCUT2D eigenvalue weighted by Gasteiger charge is 2.44. The van der Waals surface area contributed by atoms with E-state index in [1.807, 2.05) is 18.2 Å². The van der Waals surface area contributed by atoms with Crippen LogP contribution >= 0.6 is 0 Å². The minimum atomic E-state index is -1.61. The molecule has 0 bridgehead atoms. The normalized spacial score (nSPS) is 23.6. The molecule has 0 radical (unpaired) electrons. The van der Waals surface area contributed by atoms with Gasteiger partial charge < -0.3 is 45.4 Å². The lowest BCUT2D eigenvalue weighted by molar-refractivity contribution is -0.303. The quantitative estimate of drug-likeness (QED) is 0.0734. The Morgan fingerprint density at radius 2 is 1.39 bits per heavy atom. The molecule has 0 spiro atoms. The molecule has 1 aromatic carbocycles. The number of ether oxygens (including phenoxy) is 2. The number of nitrogens with one attached hydrogen (secondary N) is 1. The van der Waals surface area contributed by atoms with Crippen LogP contribution in [-0.4, -0.2) is 98.7 Å². The van der Waals surface area contributed by atoms with Gasteiger partial charge in [0, 0.05) is 6.42 Å². The van der Waals surface area contributed by atoms with E-state index in [9.17, 15) is 35.4 Å². The third kappa shape index (κ3) is 16.0. The van der Waals surface area contributed by atoms with Crippen LogP contribution < -0.4 is 5.32 Å². The molecule has 1 fully saturated rings. The van der Waals surface area contributed by atoms with Crippen LogP contribution in [0.4, 0.5) is 0 Å². The average molecular weight is 654 g/mol. The van der Waals surface area contributed by atoms with Crippen LogP contribution in [-0.2, 0) is 20.7 Å². The van der Waals surface area contributed by atoms with E-state index in [1.165, 1.54) is 56.9 Å². The van der Waals surface area contributed by atoms with Crippen molar-refractivity contribution < 1.29 is 44.9 Å². The maximum Gasteiger partial charge on any atom is 0.220 e. The molecule has 7 N–H and O–H groups in total. The highest BCUT2D eigenvalue weighted by molar-refractivity contribution is 5.76. The van der Waals surface area contributed by atoms with Crippen LogP contribution in [0.3, 0.4) is 0 Å². The van der Waals surface area contributed by atoms with E-state index in [1.54, 1.807) is 0 Å². The Kier molecular flexibility index (Phi) is 21.6. The van der Waals surface area contributed by atoms with Crippen molar-refractivity contribution >= 4 is 5.91 Å². The van der Waals surface area contributed by atoms with E-state index in [0.717, 1.165) is 44.9 Å². The molecular formula is C36H63NO9. The summed E-state index contributed by atoms with van der Waals surface area (Å²) in [6.07, 6.45) is 8.55. The van der Waals surface area contributed by atoms with Gasteiger partial charge in [0.1, 0.15) is 30.5 Å². The lowest BCUT2D eigenvalue weighted by Crippen LogP contribution is -2.60. The zero-order valence-electron chi connectivity index (χ0n) is 28.1. The Morgan fingerprint density at radius 1 is 0.804 bits per heavy atom. The van der Waals surface area contributed by atoms with Crippen molar-refractivity contribution in [1.82, 2.24) is 5.32 Å². The van der Waals surface area contributed by atoms with Gasteiger partial charge in [0.2, 0.25) is 5.91 Å². The number of hydrogen-bond donors (Lipinski definition) is 7. The van der Waals surface area contributed by atoms with Gasteiger partial charge in [-0.1, -0.05) is 121 Å². The first kappa shape index (κ1) is 40.5. The molecule has 10 nitrogen and oxygen atoms in total. The maximum atomic E-state index is 12.8. The van der Waals surface area contributed by atoms with Crippen molar-refractivity contribution in [2.45, 2.75) is 171 Å². The summed E-state index contributed by atoms with van der Waals surface area (Å²) in [7, 11) is 0. The largest absolute Gasteiger partial charge is 0.394 e. The zero-order chi connectivity index (χ0) is 33.6. The van der Waals surface area contributed by atoms with Crippen molar-refractivity contribution in [3.05, 3.63) is 35.9 Å². The van der Waals surface area contributed by atoms with Crippen LogP contribution in [0.2, 0.25) is 0 Å². The molecule has 0 aromatic heterocycles. The molecule has 1 aliphatic heterocycles. The molecule has 1 saturated heterocycles. The number of amides is 1. The fourth-order valence-corrected chi connectivity index (χ4v) is 5.98. The Labute approximate surface area is 276 Å². The summed E-state index contributed by atoms with van der Waals surface area (Å²) < 4.78 is 11.1. The van der Waals surface area contributed by atoms with Crippen molar-refractivity contribution in [1.29, 1.82) is 0 Å². The van der Waals surface area contributed by atoms with Crippen LogP contribution in [0.15, 0.2) is 30.3 Å². The van der Waals surface area contributed by atoms with E-state index in [0.29, 0.717) is 12.8 Å². The number of rotatable bonds is 26. The third-order valence-corrected chi connectivity index (χ3v) is 9.01. The standard InChI is InChI=1S/C36H63NO9/c1-2-3-4-5-6-7-8-9-10-11-12-18-23-29(39)32(41)28(26-45-36-35(44)34(43)33(42)30(25-38)46-36)37-31(40)24-19-14-17-22-27-20-15-13-16-21-27/h13,15-16,20-21,28-30,32-36,38-39,41-44H,2-12,14,17-19,22-26H2,1H3,(H,37,40)/t28-,29-,30+,32+,33-,34-,35+,36-/m0/s1. The predicted octanol–water partition coefficient (Wildman–Crippen LogP) is 3.90. The first-order valence-electron chi connectivity index (χ1n) is 17.9. The van der Waals surface area contributed by atoms with Gasteiger partial charge in [-0.25, -0.2) is 0 Å². The van der Waals surface area contributed by atoms with Gasteiger partial charge in [0.25, 0.3) is 0 Å². The first-order chi connectivity index (χ1) is 22.3. The highest BCUT2D eigenvalue weighted by Crippen LogP contribution is 2.23. The lowest BCUT2D eigenvalue weighted by atomic mass is 9.98. The van der Waals surface area contributed by atoms with Gasteiger partial charge >= 0.3 is 0 Å². The van der Waals surface area contributed by atoms with Crippen LogP contribution in [0.5, 0.6) is 0 Å². The molecule has 1 aliphatic rings. The molecule has 0 saturated carbocycles. The van der Waals surface area contributed by atoms with E-state index >= 15 is 0 Å². The smallest absolute Gasteiger partial charge is 0.220 e. The summed E-state index contributed by atoms with van der Waals surface area (Å²) in [6, 6.07) is 9.15. The highest BCUT2D eigenvalue weighted by atomic mass is 16.7. The third-order valence-electron chi connectivity index (χ3n) is 9.01. The van der Waals surface area contributed by atoms with Gasteiger partial charge in [-0.05, 0) is 31.2 Å². The summed E-state index contributed by atoms with van der Waals surface area (Å²) in [5, 5.41) is 64.6. The fourth-order valence-electron chi connectivity index (χ4n) is 5.98. The van der Waals surface area contributed by atoms with Crippen molar-refractivity contribution in [2.75, 3.05) is 13.2 Å². The van der Waals surface area contributed by atoms with Gasteiger partial charge in [-0.15, -0.1) is 0 Å². The minimum Gasteiger partial charge on any atom is -0.394 e. The van der Waals surface area contributed by atoms with Gasteiger partial charge in [-0.2, -0.15) is 0 Å². The molecule has 1 aromatic rings.